The van der Waals surface area contributed by atoms with E-state index < -0.39 is 19.9 Å². The lowest BCUT2D eigenvalue weighted by atomic mass is 9.98. The Labute approximate surface area is 168 Å². The Bertz CT molecular complexity index is 919. The lowest BCUT2D eigenvalue weighted by Gasteiger charge is -2.30. The molecule has 0 atom stereocenters. The van der Waals surface area contributed by atoms with E-state index >= 15 is 0 Å². The summed E-state index contributed by atoms with van der Waals surface area (Å²) in [6, 6.07) is 5.29. The average molecular weight is 431 g/mol. The van der Waals surface area contributed by atoms with Crippen LogP contribution < -0.4 is 10.6 Å². The van der Waals surface area contributed by atoms with Crippen molar-refractivity contribution in [2.45, 2.75) is 31.2 Å². The summed E-state index contributed by atoms with van der Waals surface area (Å²) in [7, 11) is -4.63. The van der Waals surface area contributed by atoms with Gasteiger partial charge in [-0.2, -0.15) is 0 Å². The molecule has 0 aromatic heterocycles. The van der Waals surface area contributed by atoms with Crippen molar-refractivity contribution in [1.82, 2.24) is 14.9 Å². The fourth-order valence-electron chi connectivity index (χ4n) is 3.33. The van der Waals surface area contributed by atoms with E-state index in [9.17, 15) is 16.8 Å². The van der Waals surface area contributed by atoms with Crippen LogP contribution >= 0.6 is 0 Å². The molecule has 0 saturated carbocycles. The summed E-state index contributed by atoms with van der Waals surface area (Å²) in [6.07, 6.45) is 4.10. The minimum Gasteiger partial charge on any atom is -0.356 e. The minimum atomic E-state index is -3.22. The second-order valence-electron chi connectivity index (χ2n) is 7.28. The molecule has 0 unspecified atom stereocenters. The summed E-state index contributed by atoms with van der Waals surface area (Å²) in [6.45, 7) is 4.16. The highest BCUT2D eigenvalue weighted by atomic mass is 32.2. The summed E-state index contributed by atoms with van der Waals surface area (Å²) < 4.78 is 48.1. The summed E-state index contributed by atoms with van der Waals surface area (Å²) >= 11 is 0. The van der Waals surface area contributed by atoms with Crippen molar-refractivity contribution in [3.63, 3.8) is 0 Å². The van der Waals surface area contributed by atoms with Gasteiger partial charge in [0, 0.05) is 39.5 Å². The van der Waals surface area contributed by atoms with Crippen molar-refractivity contribution >= 4 is 25.8 Å². The number of nitrogens with one attached hydrogen (secondary N) is 2. The molecule has 8 nitrogen and oxygen atoms in total. The number of hydrogen-bond acceptors (Lipinski definition) is 5. The highest BCUT2D eigenvalue weighted by Gasteiger charge is 2.24. The molecule has 28 heavy (non-hydrogen) atoms. The zero-order valence-electron chi connectivity index (χ0n) is 16.9. The summed E-state index contributed by atoms with van der Waals surface area (Å²) in [5, 5.41) is 6.52. The van der Waals surface area contributed by atoms with Crippen LogP contribution in [0.2, 0.25) is 0 Å². The quantitative estimate of drug-likeness (QED) is 0.509. The average Bonchev–Trinajstić information content (AvgIpc) is 2.60. The Morgan fingerprint density at radius 1 is 1.14 bits per heavy atom. The summed E-state index contributed by atoms with van der Waals surface area (Å²) in [5.41, 5.74) is 1.69. The molecular weight excluding hydrogens is 400 g/mol. The topological polar surface area (TPSA) is 108 Å². The largest absolute Gasteiger partial charge is 0.356 e. The van der Waals surface area contributed by atoms with Crippen LogP contribution in [-0.2, 0) is 26.4 Å². The van der Waals surface area contributed by atoms with E-state index in [-0.39, 0.29) is 0 Å². The first kappa shape index (κ1) is 22.6. The molecule has 0 radical (unpaired) electrons. The predicted octanol–water partition coefficient (Wildman–Crippen LogP) is 0.735. The normalized spacial score (nSPS) is 17.5. The van der Waals surface area contributed by atoms with Crippen LogP contribution in [0.15, 0.2) is 28.1 Å². The lowest BCUT2D eigenvalue weighted by Crippen LogP contribution is -2.43. The number of aliphatic imine (C=N–C) groups is 1. The van der Waals surface area contributed by atoms with Gasteiger partial charge in [-0.3, -0.25) is 4.99 Å². The van der Waals surface area contributed by atoms with Crippen LogP contribution in [0.4, 0.5) is 0 Å². The molecule has 2 rings (SSSR count). The van der Waals surface area contributed by atoms with Gasteiger partial charge in [0.2, 0.25) is 10.0 Å². The van der Waals surface area contributed by atoms with Crippen molar-refractivity contribution in [1.29, 1.82) is 0 Å². The van der Waals surface area contributed by atoms with Gasteiger partial charge in [0.05, 0.1) is 11.2 Å². The number of guanidine groups is 1. The summed E-state index contributed by atoms with van der Waals surface area (Å²) in [4.78, 5) is 4.56. The van der Waals surface area contributed by atoms with Gasteiger partial charge < -0.3 is 10.6 Å². The van der Waals surface area contributed by atoms with Crippen molar-refractivity contribution in [2.75, 3.05) is 39.2 Å². The molecule has 1 aromatic carbocycles. The van der Waals surface area contributed by atoms with Gasteiger partial charge in [-0.25, -0.2) is 21.1 Å². The van der Waals surface area contributed by atoms with Gasteiger partial charge in [0.15, 0.2) is 15.8 Å². The van der Waals surface area contributed by atoms with Gasteiger partial charge in [-0.15, -0.1) is 0 Å². The Balaban J connectivity index is 1.83. The van der Waals surface area contributed by atoms with Gasteiger partial charge >= 0.3 is 0 Å². The van der Waals surface area contributed by atoms with E-state index in [2.05, 4.69) is 15.6 Å². The van der Waals surface area contributed by atoms with E-state index in [0.717, 1.165) is 30.5 Å². The van der Waals surface area contributed by atoms with Crippen LogP contribution in [-0.4, -0.2) is 66.3 Å². The smallest absolute Gasteiger partial charge is 0.211 e. The van der Waals surface area contributed by atoms with Gasteiger partial charge in [-0.05, 0) is 42.9 Å². The second-order valence-corrected chi connectivity index (χ2v) is 11.3. The Morgan fingerprint density at radius 2 is 1.79 bits per heavy atom. The maximum Gasteiger partial charge on any atom is 0.211 e. The van der Waals surface area contributed by atoms with Crippen LogP contribution in [0.25, 0.3) is 0 Å². The minimum absolute atomic E-state index is 0.346. The Morgan fingerprint density at radius 3 is 2.29 bits per heavy atom. The van der Waals surface area contributed by atoms with Crippen molar-refractivity contribution in [2.24, 2.45) is 10.9 Å². The van der Waals surface area contributed by atoms with Gasteiger partial charge in [0.1, 0.15) is 0 Å². The number of rotatable bonds is 6. The van der Waals surface area contributed by atoms with Crippen LogP contribution in [0.5, 0.6) is 0 Å². The predicted molar refractivity (Wildman–Crippen MR) is 112 cm³/mol. The number of piperidine rings is 1. The molecular formula is C18H30N4O4S2. The van der Waals surface area contributed by atoms with E-state index in [0.29, 0.717) is 36.4 Å². The molecule has 158 valence electrons. The number of sulfone groups is 1. The standard InChI is InChI=1S/C18H30N4O4S2/c1-14-11-16(5-6-17(14)27(3,23)24)13-21-18(19-2)20-12-15-7-9-22(10-8-15)28(4,25)26/h5-6,11,15H,7-10,12-13H2,1-4H3,(H2,19,20,21). The first-order valence-corrected chi connectivity index (χ1v) is 12.9. The third kappa shape index (κ3) is 6.46. The van der Waals surface area contributed by atoms with E-state index in [1.807, 2.05) is 6.07 Å². The molecule has 1 heterocycles. The number of benzene rings is 1. The monoisotopic (exact) mass is 430 g/mol. The number of hydrogen-bond donors (Lipinski definition) is 2. The van der Waals surface area contributed by atoms with E-state index in [1.165, 1.54) is 16.8 Å². The molecule has 1 aromatic rings. The molecule has 1 aliphatic heterocycles. The zero-order valence-corrected chi connectivity index (χ0v) is 18.5. The maximum absolute atomic E-state index is 11.7. The molecule has 0 bridgehead atoms. The van der Waals surface area contributed by atoms with Gasteiger partial charge in [-0.1, -0.05) is 12.1 Å². The molecule has 0 spiro atoms. The first-order chi connectivity index (χ1) is 13.0. The van der Waals surface area contributed by atoms with E-state index in [1.54, 1.807) is 26.1 Å². The number of aryl methyl sites for hydroxylation is 1. The second kappa shape index (κ2) is 9.23. The Hall–Kier alpha value is -1.65. The third-order valence-electron chi connectivity index (χ3n) is 4.92. The van der Waals surface area contributed by atoms with Crippen molar-refractivity contribution < 1.29 is 16.8 Å². The maximum atomic E-state index is 11.7. The number of sulfonamides is 1. The SMILES string of the molecule is CN=C(NCc1ccc(S(C)(=O)=O)c(C)c1)NCC1CCN(S(C)(=O)=O)CC1. The molecule has 1 fully saturated rings. The zero-order chi connectivity index (χ0) is 20.9. The number of nitrogens with zero attached hydrogens (tertiary/aromatic N) is 2. The molecule has 1 aliphatic rings. The molecule has 1 saturated heterocycles. The fourth-order valence-corrected chi connectivity index (χ4v) is 5.16. The van der Waals surface area contributed by atoms with Gasteiger partial charge in [0.25, 0.3) is 0 Å². The highest BCUT2D eigenvalue weighted by Crippen LogP contribution is 2.18. The van der Waals surface area contributed by atoms with Crippen LogP contribution in [0.1, 0.15) is 24.0 Å². The van der Waals surface area contributed by atoms with Crippen LogP contribution in [0, 0.1) is 12.8 Å². The third-order valence-corrected chi connectivity index (χ3v) is 7.48. The summed E-state index contributed by atoms with van der Waals surface area (Å²) in [5.74, 6) is 1.06. The molecule has 0 amide bonds. The first-order valence-electron chi connectivity index (χ1n) is 9.20. The molecule has 10 heteroatoms. The Kier molecular flexibility index (Phi) is 7.46. The highest BCUT2D eigenvalue weighted by molar-refractivity contribution is 7.90. The lowest BCUT2D eigenvalue weighted by molar-refractivity contribution is 0.275. The van der Waals surface area contributed by atoms with E-state index in [4.69, 9.17) is 0 Å². The molecule has 2 N–H and O–H groups in total. The molecule has 0 aliphatic carbocycles. The van der Waals surface area contributed by atoms with Crippen molar-refractivity contribution in [3.8, 4) is 0 Å². The van der Waals surface area contributed by atoms with Crippen LogP contribution in [0.3, 0.4) is 0 Å². The fraction of sp³-hybridized carbons (Fsp3) is 0.611. The van der Waals surface area contributed by atoms with Crippen molar-refractivity contribution in [3.05, 3.63) is 29.3 Å².